The average Bonchev–Trinajstić information content (AvgIpc) is 3.23. The molecule has 3 rings (SSSR count). The number of hydrogen-bond donors (Lipinski definition) is 3. The predicted molar refractivity (Wildman–Crippen MR) is 134 cm³/mol. The molecule has 0 aliphatic heterocycles. The van der Waals surface area contributed by atoms with E-state index in [0.29, 0.717) is 42.1 Å². The maximum Gasteiger partial charge on any atom is 0.252 e. The molecule has 2 aromatic carbocycles. The quantitative estimate of drug-likeness (QED) is 0.178. The van der Waals surface area contributed by atoms with Crippen LogP contribution in [0.4, 0.5) is 0 Å². The van der Waals surface area contributed by atoms with Crippen molar-refractivity contribution in [3.8, 4) is 11.5 Å². The Bertz CT molecular complexity index is 1020. The van der Waals surface area contributed by atoms with Crippen LogP contribution < -0.4 is 16.0 Å². The maximum absolute atomic E-state index is 12.1. The second-order valence-electron chi connectivity index (χ2n) is 6.60. The molecule has 164 valence electrons. The van der Waals surface area contributed by atoms with Gasteiger partial charge in [-0.15, -0.1) is 24.0 Å². The first kappa shape index (κ1) is 24.7. The summed E-state index contributed by atoms with van der Waals surface area (Å²) in [7, 11) is 1.68. The monoisotopic (exact) mass is 553 g/mol. The molecule has 0 aliphatic rings. The van der Waals surface area contributed by atoms with Crippen molar-refractivity contribution in [1.82, 2.24) is 20.9 Å². The van der Waals surface area contributed by atoms with Gasteiger partial charge < -0.3 is 20.4 Å². The molecule has 1 aromatic heterocycles. The molecule has 0 bridgehead atoms. The molecule has 31 heavy (non-hydrogen) atoms. The number of nitrogens with zero attached hydrogens (tertiary/aromatic N) is 2. The standard InChI is InChI=1S/C22H24ClN5O2.HI/c1-15-7-9-16(10-8-15)21-28-17(14-30-21)13-27-22(24-2)26-12-11-25-20(29)18-5-3-4-6-19(18)23;/h3-10,14H,11-13H2,1-2H3,(H,25,29)(H2,24,26,27);1H. The number of aliphatic imine (C=N–C) groups is 1. The lowest BCUT2D eigenvalue weighted by Crippen LogP contribution is -2.41. The summed E-state index contributed by atoms with van der Waals surface area (Å²) < 4.78 is 5.56. The summed E-state index contributed by atoms with van der Waals surface area (Å²) >= 11 is 6.03. The van der Waals surface area contributed by atoms with Crippen LogP contribution in [0.5, 0.6) is 0 Å². The van der Waals surface area contributed by atoms with Crippen molar-refractivity contribution >= 4 is 47.4 Å². The molecule has 0 radical (unpaired) electrons. The van der Waals surface area contributed by atoms with Gasteiger partial charge in [0, 0.05) is 25.7 Å². The zero-order valence-corrected chi connectivity index (χ0v) is 20.4. The molecule has 3 aromatic rings. The first-order valence-corrected chi connectivity index (χ1v) is 9.93. The highest BCUT2D eigenvalue weighted by Gasteiger charge is 2.09. The van der Waals surface area contributed by atoms with Crippen LogP contribution in [-0.4, -0.2) is 37.0 Å². The number of rotatable bonds is 7. The lowest BCUT2D eigenvalue weighted by molar-refractivity contribution is 0.0954. The Kier molecular flexibility index (Phi) is 9.80. The van der Waals surface area contributed by atoms with Crippen molar-refractivity contribution in [3.05, 3.63) is 76.6 Å². The molecule has 0 spiro atoms. The summed E-state index contributed by atoms with van der Waals surface area (Å²) in [6.45, 7) is 3.42. The smallest absolute Gasteiger partial charge is 0.252 e. The topological polar surface area (TPSA) is 91.5 Å². The average molecular weight is 554 g/mol. The first-order valence-electron chi connectivity index (χ1n) is 9.55. The maximum atomic E-state index is 12.1. The van der Waals surface area contributed by atoms with Crippen molar-refractivity contribution < 1.29 is 9.21 Å². The van der Waals surface area contributed by atoms with Gasteiger partial charge in [-0.3, -0.25) is 9.79 Å². The number of nitrogens with one attached hydrogen (secondary N) is 3. The largest absolute Gasteiger partial charge is 0.444 e. The van der Waals surface area contributed by atoms with Crippen LogP contribution in [-0.2, 0) is 6.54 Å². The summed E-state index contributed by atoms with van der Waals surface area (Å²) in [5.74, 6) is 0.968. The van der Waals surface area contributed by atoms with Gasteiger partial charge in [0.05, 0.1) is 22.8 Å². The van der Waals surface area contributed by atoms with Crippen LogP contribution in [0, 0.1) is 6.92 Å². The number of aryl methyl sites for hydroxylation is 1. The molecule has 0 unspecified atom stereocenters. The van der Waals surface area contributed by atoms with Gasteiger partial charge in [-0.05, 0) is 31.2 Å². The highest BCUT2D eigenvalue weighted by molar-refractivity contribution is 14.0. The molecule has 0 saturated heterocycles. The van der Waals surface area contributed by atoms with Crippen LogP contribution in [0.15, 0.2) is 64.2 Å². The van der Waals surface area contributed by atoms with E-state index in [1.807, 2.05) is 31.2 Å². The highest BCUT2D eigenvalue weighted by Crippen LogP contribution is 2.19. The van der Waals surface area contributed by atoms with E-state index in [4.69, 9.17) is 16.0 Å². The van der Waals surface area contributed by atoms with E-state index >= 15 is 0 Å². The minimum atomic E-state index is -0.212. The van der Waals surface area contributed by atoms with Gasteiger partial charge in [-0.1, -0.05) is 41.4 Å². The number of carbonyl (C=O) groups is 1. The van der Waals surface area contributed by atoms with E-state index in [1.165, 1.54) is 5.56 Å². The lowest BCUT2D eigenvalue weighted by Gasteiger charge is -2.11. The van der Waals surface area contributed by atoms with Gasteiger partial charge >= 0.3 is 0 Å². The van der Waals surface area contributed by atoms with Crippen molar-refractivity contribution in [2.45, 2.75) is 13.5 Å². The van der Waals surface area contributed by atoms with Gasteiger partial charge in [-0.25, -0.2) is 4.98 Å². The normalized spacial score (nSPS) is 10.9. The van der Waals surface area contributed by atoms with Crippen LogP contribution in [0.25, 0.3) is 11.5 Å². The molecular weight excluding hydrogens is 529 g/mol. The number of guanidine groups is 1. The Balaban J connectivity index is 0.00000341. The van der Waals surface area contributed by atoms with E-state index in [-0.39, 0.29) is 29.9 Å². The van der Waals surface area contributed by atoms with Crippen LogP contribution in [0.2, 0.25) is 5.02 Å². The molecule has 0 atom stereocenters. The van der Waals surface area contributed by atoms with Crippen molar-refractivity contribution in [1.29, 1.82) is 0 Å². The Hall–Kier alpha value is -2.59. The van der Waals surface area contributed by atoms with Gasteiger partial charge in [0.1, 0.15) is 6.26 Å². The molecule has 0 aliphatic carbocycles. The predicted octanol–water partition coefficient (Wildman–Crippen LogP) is 4.02. The molecule has 9 heteroatoms. The first-order chi connectivity index (χ1) is 14.6. The molecule has 3 N–H and O–H groups in total. The molecular formula is C22H25ClIN5O2. The van der Waals surface area contributed by atoms with Crippen molar-refractivity contribution in [3.63, 3.8) is 0 Å². The lowest BCUT2D eigenvalue weighted by atomic mass is 10.1. The highest BCUT2D eigenvalue weighted by atomic mass is 127. The SMILES string of the molecule is CN=C(NCCNC(=O)c1ccccc1Cl)NCc1coc(-c2ccc(C)cc2)n1.I. The van der Waals surface area contributed by atoms with E-state index in [0.717, 1.165) is 11.3 Å². The summed E-state index contributed by atoms with van der Waals surface area (Å²) in [5, 5.41) is 9.56. The summed E-state index contributed by atoms with van der Waals surface area (Å²) in [4.78, 5) is 20.8. The summed E-state index contributed by atoms with van der Waals surface area (Å²) in [6.07, 6.45) is 1.62. The van der Waals surface area contributed by atoms with E-state index in [1.54, 1.807) is 37.6 Å². The third-order valence-corrected chi connectivity index (χ3v) is 4.66. The molecule has 0 fully saturated rings. The van der Waals surface area contributed by atoms with Gasteiger partial charge in [0.2, 0.25) is 5.89 Å². The third kappa shape index (κ3) is 7.25. The fourth-order valence-electron chi connectivity index (χ4n) is 2.71. The molecule has 1 heterocycles. The number of carbonyl (C=O) groups excluding carboxylic acids is 1. The Morgan fingerprint density at radius 2 is 1.77 bits per heavy atom. The Labute approximate surface area is 203 Å². The Morgan fingerprint density at radius 1 is 1.06 bits per heavy atom. The summed E-state index contributed by atoms with van der Waals surface area (Å²) in [6, 6.07) is 14.9. The Morgan fingerprint density at radius 3 is 2.48 bits per heavy atom. The van der Waals surface area contributed by atoms with E-state index in [9.17, 15) is 4.79 Å². The van der Waals surface area contributed by atoms with Crippen LogP contribution >= 0.6 is 35.6 Å². The summed E-state index contributed by atoms with van der Waals surface area (Å²) in [5.41, 5.74) is 3.34. The van der Waals surface area contributed by atoms with Gasteiger partial charge in [0.25, 0.3) is 5.91 Å². The van der Waals surface area contributed by atoms with E-state index < -0.39 is 0 Å². The number of benzene rings is 2. The fourth-order valence-corrected chi connectivity index (χ4v) is 2.93. The van der Waals surface area contributed by atoms with Gasteiger partial charge in [0.15, 0.2) is 5.96 Å². The fraction of sp³-hybridized carbons (Fsp3) is 0.227. The van der Waals surface area contributed by atoms with E-state index in [2.05, 4.69) is 25.9 Å². The number of halogens is 2. The molecule has 1 amide bonds. The van der Waals surface area contributed by atoms with Crippen molar-refractivity contribution in [2.24, 2.45) is 4.99 Å². The second kappa shape index (κ2) is 12.3. The molecule has 7 nitrogen and oxygen atoms in total. The van der Waals surface area contributed by atoms with Crippen molar-refractivity contribution in [2.75, 3.05) is 20.1 Å². The van der Waals surface area contributed by atoms with Crippen LogP contribution in [0.1, 0.15) is 21.6 Å². The van der Waals surface area contributed by atoms with Crippen LogP contribution in [0.3, 0.4) is 0 Å². The number of aromatic nitrogens is 1. The zero-order chi connectivity index (χ0) is 21.3. The number of hydrogen-bond acceptors (Lipinski definition) is 4. The number of amides is 1. The third-order valence-electron chi connectivity index (χ3n) is 4.33. The number of oxazole rings is 1. The molecule has 0 saturated carbocycles. The second-order valence-corrected chi connectivity index (χ2v) is 7.01. The minimum absolute atomic E-state index is 0. The zero-order valence-electron chi connectivity index (χ0n) is 17.3. The minimum Gasteiger partial charge on any atom is -0.444 e. The van der Waals surface area contributed by atoms with Gasteiger partial charge in [-0.2, -0.15) is 0 Å².